The molecule has 2 N–H and O–H groups in total. The number of hydrogen-bond donors (Lipinski definition) is 2. The molecule has 0 aliphatic carbocycles. The van der Waals surface area contributed by atoms with Crippen molar-refractivity contribution in [2.45, 2.75) is 11.7 Å². The maximum Gasteiger partial charge on any atom is 0.230 e. The molecule has 0 radical (unpaired) electrons. The Morgan fingerprint density at radius 2 is 1.85 bits per heavy atom. The van der Waals surface area contributed by atoms with Crippen molar-refractivity contribution in [3.05, 3.63) is 72.8 Å². The average Bonchev–Trinajstić information content (AvgIpc) is 3.60. The number of aromatic nitrogens is 6. The first-order valence-corrected chi connectivity index (χ1v) is 11.3. The number of thioether (sulfide) groups is 1. The van der Waals surface area contributed by atoms with Gasteiger partial charge in [-0.1, -0.05) is 36.0 Å². The number of nitrogens with zero attached hydrogens (tertiary/aromatic N) is 5. The van der Waals surface area contributed by atoms with Crippen molar-refractivity contribution in [1.29, 1.82) is 0 Å². The first kappa shape index (κ1) is 19.5. The number of rotatable bonds is 6. The number of carbonyl (C=O) groups excluding carboxylic acids is 1. The molecule has 0 unspecified atom stereocenters. The number of hydrogen-bond acceptors (Lipinski definition) is 7. The van der Waals surface area contributed by atoms with Gasteiger partial charge in [0.25, 0.3) is 0 Å². The van der Waals surface area contributed by atoms with Crippen LogP contribution in [0.1, 0.15) is 5.82 Å². The van der Waals surface area contributed by atoms with E-state index < -0.39 is 0 Å². The molecular weight excluding hydrogens is 438 g/mol. The lowest BCUT2D eigenvalue weighted by molar-refractivity contribution is -0.118. The van der Waals surface area contributed by atoms with E-state index in [2.05, 4.69) is 25.5 Å². The first-order chi connectivity index (χ1) is 16.3. The molecular formula is C23H17N7O2S. The lowest BCUT2D eigenvalue weighted by Crippen LogP contribution is -2.25. The number of imidazole rings is 1. The summed E-state index contributed by atoms with van der Waals surface area (Å²) in [5.74, 6) is 1.93. The Kier molecular flexibility index (Phi) is 4.76. The summed E-state index contributed by atoms with van der Waals surface area (Å²) in [4.78, 5) is 25.0. The van der Waals surface area contributed by atoms with Crippen molar-refractivity contribution >= 4 is 45.3 Å². The summed E-state index contributed by atoms with van der Waals surface area (Å²) in [5.41, 5.74) is 3.27. The number of benzene rings is 2. The van der Waals surface area contributed by atoms with E-state index in [-0.39, 0.29) is 11.7 Å². The zero-order valence-corrected chi connectivity index (χ0v) is 18.0. The third-order valence-corrected chi connectivity index (χ3v) is 6.11. The van der Waals surface area contributed by atoms with Gasteiger partial charge in [0, 0.05) is 5.39 Å². The highest BCUT2D eigenvalue weighted by atomic mass is 32.2. The Balaban J connectivity index is 1.24. The van der Waals surface area contributed by atoms with Crippen LogP contribution in [0, 0.1) is 0 Å². The standard InChI is InChI=1S/C23H17N7O2S/c31-20(24-12-19-25-16-8-3-4-9-17(16)26-19)13-33-23-29-28-21-14-6-1-2-7-15(14)27-22(30(21)23)18-10-5-11-32-18/h1-11H,12-13H2,(H,24,31)(H,25,26). The van der Waals surface area contributed by atoms with Crippen molar-refractivity contribution in [2.75, 3.05) is 5.75 Å². The maximum atomic E-state index is 12.5. The van der Waals surface area contributed by atoms with Crippen LogP contribution in [0.3, 0.4) is 0 Å². The third kappa shape index (κ3) is 3.60. The van der Waals surface area contributed by atoms with Crippen LogP contribution >= 0.6 is 11.8 Å². The van der Waals surface area contributed by atoms with Gasteiger partial charge in [-0.3, -0.25) is 9.20 Å². The summed E-state index contributed by atoms with van der Waals surface area (Å²) < 4.78 is 7.43. The molecule has 33 heavy (non-hydrogen) atoms. The highest BCUT2D eigenvalue weighted by Crippen LogP contribution is 2.29. The van der Waals surface area contributed by atoms with E-state index in [1.807, 2.05) is 59.0 Å². The predicted molar refractivity (Wildman–Crippen MR) is 125 cm³/mol. The van der Waals surface area contributed by atoms with Gasteiger partial charge < -0.3 is 14.7 Å². The molecule has 9 nitrogen and oxygen atoms in total. The Morgan fingerprint density at radius 3 is 2.70 bits per heavy atom. The monoisotopic (exact) mass is 455 g/mol. The predicted octanol–water partition coefficient (Wildman–Crippen LogP) is 3.82. The Bertz CT molecular complexity index is 1570. The number of furan rings is 1. The second kappa shape index (κ2) is 8.06. The zero-order valence-electron chi connectivity index (χ0n) is 17.2. The maximum absolute atomic E-state index is 12.5. The van der Waals surface area contributed by atoms with Crippen LogP contribution in [0.15, 0.2) is 76.5 Å². The van der Waals surface area contributed by atoms with Gasteiger partial charge in [-0.2, -0.15) is 0 Å². The minimum Gasteiger partial charge on any atom is -0.461 e. The Morgan fingerprint density at radius 1 is 1.00 bits per heavy atom. The number of nitrogens with one attached hydrogen (secondary N) is 2. The lowest BCUT2D eigenvalue weighted by Gasteiger charge is -2.07. The molecule has 0 aliphatic rings. The molecule has 4 aromatic heterocycles. The molecule has 2 aromatic carbocycles. The summed E-state index contributed by atoms with van der Waals surface area (Å²) in [6.45, 7) is 0.318. The molecule has 0 spiro atoms. The van der Waals surface area contributed by atoms with E-state index in [9.17, 15) is 4.79 Å². The Hall–Kier alpha value is -4.18. The van der Waals surface area contributed by atoms with Crippen molar-refractivity contribution in [3.63, 3.8) is 0 Å². The number of para-hydroxylation sites is 3. The van der Waals surface area contributed by atoms with Crippen molar-refractivity contribution in [3.8, 4) is 11.6 Å². The number of carbonyl (C=O) groups is 1. The van der Waals surface area contributed by atoms with Gasteiger partial charge in [-0.15, -0.1) is 10.2 Å². The van der Waals surface area contributed by atoms with Crippen molar-refractivity contribution < 1.29 is 9.21 Å². The summed E-state index contributed by atoms with van der Waals surface area (Å²) in [6, 6.07) is 19.1. The van der Waals surface area contributed by atoms with E-state index >= 15 is 0 Å². The van der Waals surface area contributed by atoms with E-state index in [1.54, 1.807) is 12.3 Å². The summed E-state index contributed by atoms with van der Waals surface area (Å²) >= 11 is 1.29. The average molecular weight is 456 g/mol. The first-order valence-electron chi connectivity index (χ1n) is 10.3. The van der Waals surface area contributed by atoms with Gasteiger partial charge in [-0.25, -0.2) is 9.97 Å². The van der Waals surface area contributed by atoms with Crippen molar-refractivity contribution in [2.24, 2.45) is 0 Å². The fourth-order valence-corrected chi connectivity index (χ4v) is 4.44. The van der Waals surface area contributed by atoms with E-state index in [1.165, 1.54) is 11.8 Å². The minimum absolute atomic E-state index is 0.134. The molecule has 10 heteroatoms. The molecule has 0 bridgehead atoms. The summed E-state index contributed by atoms with van der Waals surface area (Å²) in [5, 5.41) is 13.0. The van der Waals surface area contributed by atoms with E-state index in [4.69, 9.17) is 9.40 Å². The molecule has 0 fully saturated rings. The van der Waals surface area contributed by atoms with Crippen LogP contribution in [0.25, 0.3) is 39.2 Å². The van der Waals surface area contributed by atoms with E-state index in [0.29, 0.717) is 34.8 Å². The highest BCUT2D eigenvalue weighted by molar-refractivity contribution is 7.99. The topological polar surface area (TPSA) is 114 Å². The molecule has 0 atom stereocenters. The molecule has 6 rings (SSSR count). The lowest BCUT2D eigenvalue weighted by atomic mass is 10.2. The molecule has 1 amide bonds. The number of fused-ring (bicyclic) bond motifs is 4. The molecule has 0 saturated carbocycles. The number of amides is 1. The van der Waals surface area contributed by atoms with E-state index in [0.717, 1.165) is 21.9 Å². The van der Waals surface area contributed by atoms with Crippen LogP contribution in [0.4, 0.5) is 0 Å². The normalized spacial score (nSPS) is 11.5. The fraction of sp³-hybridized carbons (Fsp3) is 0.0870. The summed E-state index contributed by atoms with van der Waals surface area (Å²) in [7, 11) is 0. The van der Waals surface area contributed by atoms with Crippen LogP contribution in [0.2, 0.25) is 0 Å². The van der Waals surface area contributed by atoms with Crippen molar-refractivity contribution in [1.82, 2.24) is 34.9 Å². The van der Waals surface area contributed by atoms with Gasteiger partial charge in [-0.05, 0) is 36.4 Å². The molecule has 4 heterocycles. The fourth-order valence-electron chi connectivity index (χ4n) is 3.68. The smallest absolute Gasteiger partial charge is 0.230 e. The van der Waals surface area contributed by atoms with Crippen LogP contribution in [-0.4, -0.2) is 41.2 Å². The molecule has 6 aromatic rings. The van der Waals surface area contributed by atoms with Gasteiger partial charge in [0.05, 0.1) is 35.1 Å². The molecule has 0 saturated heterocycles. The van der Waals surface area contributed by atoms with Crippen LogP contribution in [0.5, 0.6) is 0 Å². The Labute approximate surface area is 191 Å². The minimum atomic E-state index is -0.134. The second-order valence-corrected chi connectivity index (χ2v) is 8.28. The summed E-state index contributed by atoms with van der Waals surface area (Å²) in [6.07, 6.45) is 1.60. The van der Waals surface area contributed by atoms with Crippen LogP contribution in [-0.2, 0) is 11.3 Å². The largest absolute Gasteiger partial charge is 0.461 e. The third-order valence-electron chi connectivity index (χ3n) is 5.18. The molecule has 0 aliphatic heterocycles. The second-order valence-electron chi connectivity index (χ2n) is 7.34. The van der Waals surface area contributed by atoms with Crippen LogP contribution < -0.4 is 5.32 Å². The number of H-pyrrole nitrogens is 1. The number of aromatic amines is 1. The SMILES string of the molecule is O=C(CSc1nnc2c3ccccc3nc(-c3ccco3)n12)NCc1nc2ccccc2[nH]1. The molecule has 162 valence electrons. The quantitative estimate of drug-likeness (QED) is 0.367. The van der Waals surface area contributed by atoms with Gasteiger partial charge in [0.2, 0.25) is 5.91 Å². The van der Waals surface area contributed by atoms with Gasteiger partial charge >= 0.3 is 0 Å². The van der Waals surface area contributed by atoms with Gasteiger partial charge in [0.15, 0.2) is 22.4 Å². The zero-order chi connectivity index (χ0) is 22.2. The highest BCUT2D eigenvalue weighted by Gasteiger charge is 2.19. The van der Waals surface area contributed by atoms with Gasteiger partial charge in [0.1, 0.15) is 5.82 Å².